The van der Waals surface area contributed by atoms with E-state index in [4.69, 9.17) is 4.74 Å². The zero-order valence-corrected chi connectivity index (χ0v) is 13.6. The van der Waals surface area contributed by atoms with Crippen LogP contribution in [0.5, 0.6) is 5.75 Å². The molecule has 0 atom stereocenters. The summed E-state index contributed by atoms with van der Waals surface area (Å²) >= 11 is 0. The third-order valence-corrected chi connectivity index (χ3v) is 3.59. The molecule has 0 saturated carbocycles. The predicted octanol–water partition coefficient (Wildman–Crippen LogP) is 5.02. The van der Waals surface area contributed by atoms with Gasteiger partial charge in [-0.05, 0) is 54.4 Å². The van der Waals surface area contributed by atoms with Gasteiger partial charge in [0.15, 0.2) is 0 Å². The first-order valence-corrected chi connectivity index (χ1v) is 7.92. The van der Waals surface area contributed by atoms with E-state index in [9.17, 15) is 0 Å². The van der Waals surface area contributed by atoms with E-state index in [0.717, 1.165) is 17.0 Å². The summed E-state index contributed by atoms with van der Waals surface area (Å²) in [4.78, 5) is 0. The van der Waals surface area contributed by atoms with Crippen LogP contribution in [-0.2, 0) is 6.61 Å². The number of para-hydroxylation sites is 1. The smallest absolute Gasteiger partial charge is 0.119 e. The lowest BCUT2D eigenvalue weighted by Gasteiger charge is -2.07. The average Bonchev–Trinajstić information content (AvgIpc) is 2.63. The number of benzene rings is 3. The van der Waals surface area contributed by atoms with Crippen LogP contribution in [-0.4, -0.2) is 6.21 Å². The molecule has 0 spiro atoms. The van der Waals surface area contributed by atoms with Gasteiger partial charge in [0.1, 0.15) is 12.4 Å². The van der Waals surface area contributed by atoms with Crippen molar-refractivity contribution in [3.8, 4) is 5.75 Å². The molecular formula is C21H20N2O. The molecular weight excluding hydrogens is 296 g/mol. The number of ether oxygens (including phenoxy) is 1. The van der Waals surface area contributed by atoms with Crippen molar-refractivity contribution in [3.63, 3.8) is 0 Å². The Kier molecular flexibility index (Phi) is 5.25. The second kappa shape index (κ2) is 7.97. The number of rotatable bonds is 6. The van der Waals surface area contributed by atoms with Gasteiger partial charge in [-0.25, -0.2) is 0 Å². The Morgan fingerprint density at radius 1 is 0.875 bits per heavy atom. The van der Waals surface area contributed by atoms with E-state index in [1.54, 1.807) is 6.21 Å². The lowest BCUT2D eigenvalue weighted by molar-refractivity contribution is 0.306. The van der Waals surface area contributed by atoms with Crippen molar-refractivity contribution < 1.29 is 4.74 Å². The fourth-order valence-electron chi connectivity index (χ4n) is 2.20. The van der Waals surface area contributed by atoms with Gasteiger partial charge >= 0.3 is 0 Å². The standard InChI is InChI=1S/C21H20N2O/c1-17-7-9-19(10-8-17)16-24-21-13-11-18(12-14-21)15-22-23-20-5-3-2-4-6-20/h2-15,23H,16H2,1H3/b22-15+. The summed E-state index contributed by atoms with van der Waals surface area (Å²) in [6, 6.07) is 26.1. The number of hydrazone groups is 1. The van der Waals surface area contributed by atoms with Gasteiger partial charge in [-0.3, -0.25) is 5.43 Å². The summed E-state index contributed by atoms with van der Waals surface area (Å²) in [5, 5.41) is 4.23. The molecule has 3 aromatic rings. The topological polar surface area (TPSA) is 33.6 Å². The molecule has 0 aliphatic rings. The van der Waals surface area contributed by atoms with Crippen LogP contribution in [0.1, 0.15) is 16.7 Å². The summed E-state index contributed by atoms with van der Waals surface area (Å²) in [6.07, 6.45) is 1.79. The largest absolute Gasteiger partial charge is 0.489 e. The van der Waals surface area contributed by atoms with Crippen LogP contribution >= 0.6 is 0 Å². The van der Waals surface area contributed by atoms with Crippen molar-refractivity contribution >= 4 is 11.9 Å². The average molecular weight is 316 g/mol. The molecule has 0 aliphatic carbocycles. The highest BCUT2D eigenvalue weighted by atomic mass is 16.5. The zero-order chi connectivity index (χ0) is 16.6. The van der Waals surface area contributed by atoms with Crippen LogP contribution in [0.4, 0.5) is 5.69 Å². The maximum absolute atomic E-state index is 5.80. The highest BCUT2D eigenvalue weighted by molar-refractivity contribution is 5.80. The van der Waals surface area contributed by atoms with Crippen LogP contribution in [0, 0.1) is 6.92 Å². The first-order valence-electron chi connectivity index (χ1n) is 7.92. The van der Waals surface area contributed by atoms with E-state index < -0.39 is 0 Å². The van der Waals surface area contributed by atoms with Gasteiger partial charge in [-0.15, -0.1) is 0 Å². The third-order valence-electron chi connectivity index (χ3n) is 3.59. The number of hydrogen-bond donors (Lipinski definition) is 1. The SMILES string of the molecule is Cc1ccc(COc2ccc(/C=N/Nc3ccccc3)cc2)cc1. The normalized spacial score (nSPS) is 10.7. The van der Waals surface area contributed by atoms with Gasteiger partial charge in [-0.2, -0.15) is 5.10 Å². The lowest BCUT2D eigenvalue weighted by atomic mass is 10.2. The van der Waals surface area contributed by atoms with E-state index in [1.807, 2.05) is 54.6 Å². The quantitative estimate of drug-likeness (QED) is 0.512. The number of anilines is 1. The summed E-state index contributed by atoms with van der Waals surface area (Å²) in [7, 11) is 0. The number of nitrogens with zero attached hydrogens (tertiary/aromatic N) is 1. The number of nitrogens with one attached hydrogen (secondary N) is 1. The van der Waals surface area contributed by atoms with Gasteiger partial charge in [0.25, 0.3) is 0 Å². The minimum absolute atomic E-state index is 0.573. The predicted molar refractivity (Wildman–Crippen MR) is 99.6 cm³/mol. The monoisotopic (exact) mass is 316 g/mol. The molecule has 24 heavy (non-hydrogen) atoms. The van der Waals surface area contributed by atoms with Gasteiger partial charge in [0.05, 0.1) is 11.9 Å². The van der Waals surface area contributed by atoms with E-state index in [0.29, 0.717) is 6.61 Å². The van der Waals surface area contributed by atoms with Crippen LogP contribution in [0.15, 0.2) is 84.0 Å². The van der Waals surface area contributed by atoms with Crippen LogP contribution in [0.25, 0.3) is 0 Å². The molecule has 3 heteroatoms. The van der Waals surface area contributed by atoms with Gasteiger partial charge in [0, 0.05) is 0 Å². The van der Waals surface area contributed by atoms with Crippen molar-refractivity contribution in [1.29, 1.82) is 0 Å². The number of hydrogen-bond acceptors (Lipinski definition) is 3. The Labute approximate surface area is 142 Å². The molecule has 0 aliphatic heterocycles. The minimum atomic E-state index is 0.573. The Hall–Kier alpha value is -3.07. The highest BCUT2D eigenvalue weighted by Crippen LogP contribution is 2.14. The Balaban J connectivity index is 1.52. The zero-order valence-electron chi connectivity index (χ0n) is 13.6. The first-order chi connectivity index (χ1) is 11.8. The molecule has 0 radical (unpaired) electrons. The second-order valence-electron chi connectivity index (χ2n) is 5.58. The molecule has 0 heterocycles. The maximum atomic E-state index is 5.80. The lowest BCUT2D eigenvalue weighted by Crippen LogP contribution is -1.95. The highest BCUT2D eigenvalue weighted by Gasteiger charge is 1.96. The second-order valence-corrected chi connectivity index (χ2v) is 5.58. The van der Waals surface area contributed by atoms with Crippen molar-refractivity contribution in [1.82, 2.24) is 0 Å². The Morgan fingerprint density at radius 3 is 2.29 bits per heavy atom. The van der Waals surface area contributed by atoms with E-state index >= 15 is 0 Å². The molecule has 3 nitrogen and oxygen atoms in total. The van der Waals surface area contributed by atoms with Crippen molar-refractivity contribution in [2.24, 2.45) is 5.10 Å². The summed E-state index contributed by atoms with van der Waals surface area (Å²) < 4.78 is 5.80. The van der Waals surface area contributed by atoms with Crippen LogP contribution < -0.4 is 10.2 Å². The maximum Gasteiger partial charge on any atom is 0.119 e. The van der Waals surface area contributed by atoms with Gasteiger partial charge in [0.2, 0.25) is 0 Å². The molecule has 0 amide bonds. The molecule has 0 bridgehead atoms. The van der Waals surface area contributed by atoms with E-state index in [2.05, 4.69) is 41.7 Å². The first kappa shape index (κ1) is 15.8. The molecule has 3 rings (SSSR count). The van der Waals surface area contributed by atoms with Crippen molar-refractivity contribution in [2.75, 3.05) is 5.43 Å². The molecule has 0 aromatic heterocycles. The van der Waals surface area contributed by atoms with Gasteiger partial charge in [-0.1, -0.05) is 48.0 Å². The molecule has 1 N–H and O–H groups in total. The fourth-order valence-corrected chi connectivity index (χ4v) is 2.20. The molecule has 0 fully saturated rings. The number of aryl methyl sites for hydroxylation is 1. The van der Waals surface area contributed by atoms with Gasteiger partial charge < -0.3 is 4.74 Å². The van der Waals surface area contributed by atoms with E-state index in [1.165, 1.54) is 11.1 Å². The third kappa shape index (κ3) is 4.71. The summed E-state index contributed by atoms with van der Waals surface area (Å²) in [5.74, 6) is 0.851. The summed E-state index contributed by atoms with van der Waals surface area (Å²) in [5.41, 5.74) is 7.40. The van der Waals surface area contributed by atoms with E-state index in [-0.39, 0.29) is 0 Å². The van der Waals surface area contributed by atoms with Crippen LogP contribution in [0.2, 0.25) is 0 Å². The molecule has 0 unspecified atom stereocenters. The Bertz CT molecular complexity index is 778. The molecule has 120 valence electrons. The fraction of sp³-hybridized carbons (Fsp3) is 0.0952. The van der Waals surface area contributed by atoms with Crippen molar-refractivity contribution in [3.05, 3.63) is 95.6 Å². The van der Waals surface area contributed by atoms with Crippen molar-refractivity contribution in [2.45, 2.75) is 13.5 Å². The molecule has 0 saturated heterocycles. The Morgan fingerprint density at radius 2 is 1.58 bits per heavy atom. The minimum Gasteiger partial charge on any atom is -0.489 e. The van der Waals surface area contributed by atoms with Crippen LogP contribution in [0.3, 0.4) is 0 Å². The summed E-state index contributed by atoms with van der Waals surface area (Å²) in [6.45, 7) is 2.65. The molecule has 3 aromatic carbocycles.